The second-order valence-electron chi connectivity index (χ2n) is 5.96. The zero-order valence-electron chi connectivity index (χ0n) is 10.3. The van der Waals surface area contributed by atoms with Gasteiger partial charge < -0.3 is 5.11 Å². The Bertz CT molecular complexity index is 277. The molecule has 3 atom stereocenters. The first-order chi connectivity index (χ1) is 7.68. The summed E-state index contributed by atoms with van der Waals surface area (Å²) in [4.78, 5) is 0. The van der Waals surface area contributed by atoms with Gasteiger partial charge in [-0.05, 0) is 37.5 Å². The summed E-state index contributed by atoms with van der Waals surface area (Å²) >= 11 is 0. The first-order valence-electron chi connectivity index (χ1n) is 6.77. The molecule has 0 saturated heterocycles. The lowest BCUT2D eigenvalue weighted by atomic mass is 9.65. The molecule has 2 nitrogen and oxygen atoms in total. The molecular formula is C14H23NO. The lowest BCUT2D eigenvalue weighted by molar-refractivity contribution is -0.0159. The molecule has 2 saturated carbocycles. The largest absolute Gasteiger partial charge is 0.391 e. The van der Waals surface area contributed by atoms with E-state index in [0.717, 1.165) is 32.1 Å². The minimum atomic E-state index is -0.424. The molecule has 2 fully saturated rings. The van der Waals surface area contributed by atoms with Crippen LogP contribution in [0.1, 0.15) is 58.3 Å². The summed E-state index contributed by atoms with van der Waals surface area (Å²) < 4.78 is 0. The Balaban J connectivity index is 2.10. The highest BCUT2D eigenvalue weighted by atomic mass is 16.3. The van der Waals surface area contributed by atoms with Crippen molar-refractivity contribution >= 4 is 0 Å². The van der Waals surface area contributed by atoms with Crippen LogP contribution in [0.5, 0.6) is 0 Å². The highest BCUT2D eigenvalue weighted by Gasteiger charge is 2.45. The van der Waals surface area contributed by atoms with E-state index in [1.807, 2.05) is 0 Å². The van der Waals surface area contributed by atoms with E-state index in [2.05, 4.69) is 13.0 Å². The Hall–Kier alpha value is -0.550. The van der Waals surface area contributed by atoms with Crippen LogP contribution in [-0.2, 0) is 0 Å². The molecule has 16 heavy (non-hydrogen) atoms. The fourth-order valence-electron chi connectivity index (χ4n) is 3.75. The van der Waals surface area contributed by atoms with Gasteiger partial charge in [0.25, 0.3) is 0 Å². The summed E-state index contributed by atoms with van der Waals surface area (Å²) in [7, 11) is 0. The van der Waals surface area contributed by atoms with E-state index in [4.69, 9.17) is 0 Å². The van der Waals surface area contributed by atoms with E-state index in [0.29, 0.717) is 11.8 Å². The molecule has 2 aliphatic rings. The molecule has 0 spiro atoms. The third-order valence-electron chi connectivity index (χ3n) is 4.67. The highest BCUT2D eigenvalue weighted by molar-refractivity contribution is 5.07. The van der Waals surface area contributed by atoms with Gasteiger partial charge in [0.15, 0.2) is 0 Å². The van der Waals surface area contributed by atoms with Gasteiger partial charge in [0.05, 0.1) is 17.6 Å². The topological polar surface area (TPSA) is 44.0 Å². The zero-order valence-corrected chi connectivity index (χ0v) is 10.3. The van der Waals surface area contributed by atoms with Crippen molar-refractivity contribution in [1.29, 1.82) is 5.26 Å². The van der Waals surface area contributed by atoms with Gasteiger partial charge in [0.2, 0.25) is 0 Å². The number of nitriles is 1. The van der Waals surface area contributed by atoms with Crippen LogP contribution in [0, 0.1) is 28.6 Å². The van der Waals surface area contributed by atoms with Crippen molar-refractivity contribution in [2.45, 2.75) is 64.4 Å². The van der Waals surface area contributed by atoms with E-state index in [-0.39, 0.29) is 6.10 Å². The van der Waals surface area contributed by atoms with Gasteiger partial charge in [-0.25, -0.2) is 0 Å². The molecule has 0 aromatic rings. The molecule has 0 heterocycles. The van der Waals surface area contributed by atoms with Gasteiger partial charge in [0.1, 0.15) is 0 Å². The van der Waals surface area contributed by atoms with Crippen LogP contribution in [0.4, 0.5) is 0 Å². The lowest BCUT2D eigenvalue weighted by Crippen LogP contribution is -2.42. The van der Waals surface area contributed by atoms with E-state index in [1.165, 1.54) is 19.3 Å². The Labute approximate surface area is 98.7 Å². The number of hydrogen-bond acceptors (Lipinski definition) is 2. The molecule has 1 N–H and O–H groups in total. The van der Waals surface area contributed by atoms with Crippen molar-refractivity contribution in [2.24, 2.45) is 17.3 Å². The van der Waals surface area contributed by atoms with E-state index < -0.39 is 5.41 Å². The molecule has 2 aliphatic carbocycles. The summed E-state index contributed by atoms with van der Waals surface area (Å²) in [6, 6.07) is 2.47. The Morgan fingerprint density at radius 3 is 2.50 bits per heavy atom. The molecule has 0 bridgehead atoms. The predicted octanol–water partition coefficient (Wildman–Crippen LogP) is 3.26. The van der Waals surface area contributed by atoms with Crippen LogP contribution in [0.3, 0.4) is 0 Å². The summed E-state index contributed by atoms with van der Waals surface area (Å²) in [5.74, 6) is 0.995. The Kier molecular flexibility index (Phi) is 3.54. The van der Waals surface area contributed by atoms with E-state index in [1.54, 1.807) is 0 Å². The highest BCUT2D eigenvalue weighted by Crippen LogP contribution is 2.46. The molecule has 2 rings (SSSR count). The molecule has 90 valence electrons. The van der Waals surface area contributed by atoms with Crippen LogP contribution in [0.25, 0.3) is 0 Å². The third kappa shape index (κ3) is 2.11. The molecule has 0 aromatic carbocycles. The van der Waals surface area contributed by atoms with Crippen LogP contribution in [0.2, 0.25) is 0 Å². The summed E-state index contributed by atoms with van der Waals surface area (Å²) in [5, 5.41) is 20.0. The fourth-order valence-corrected chi connectivity index (χ4v) is 3.75. The smallest absolute Gasteiger partial charge is 0.0837 e. The van der Waals surface area contributed by atoms with Crippen molar-refractivity contribution in [3.63, 3.8) is 0 Å². The zero-order chi connectivity index (χ0) is 11.6. The quantitative estimate of drug-likeness (QED) is 0.777. The maximum absolute atomic E-state index is 10.5. The lowest BCUT2D eigenvalue weighted by Gasteiger charge is -2.40. The normalized spacial score (nSPS) is 38.2. The SMILES string of the molecule is CC1CCCC(C#N)(C(O)C2CCCC2)C1. The van der Waals surface area contributed by atoms with Crippen molar-refractivity contribution in [2.75, 3.05) is 0 Å². The van der Waals surface area contributed by atoms with Crippen molar-refractivity contribution in [3.05, 3.63) is 0 Å². The minimum absolute atomic E-state index is 0.372. The van der Waals surface area contributed by atoms with Gasteiger partial charge >= 0.3 is 0 Å². The summed E-state index contributed by atoms with van der Waals surface area (Å²) in [5.41, 5.74) is -0.424. The Morgan fingerprint density at radius 1 is 1.25 bits per heavy atom. The number of hydrogen-bond donors (Lipinski definition) is 1. The summed E-state index contributed by atoms with van der Waals surface area (Å²) in [6.07, 6.45) is 8.49. The number of nitrogens with zero attached hydrogens (tertiary/aromatic N) is 1. The number of aliphatic hydroxyl groups excluding tert-OH is 1. The van der Waals surface area contributed by atoms with Gasteiger partial charge in [-0.3, -0.25) is 0 Å². The van der Waals surface area contributed by atoms with E-state index in [9.17, 15) is 10.4 Å². The second kappa shape index (κ2) is 4.75. The molecule has 0 radical (unpaired) electrons. The first-order valence-corrected chi connectivity index (χ1v) is 6.77. The number of rotatable bonds is 2. The molecule has 3 unspecified atom stereocenters. The first kappa shape index (κ1) is 11.9. The third-order valence-corrected chi connectivity index (χ3v) is 4.67. The summed E-state index contributed by atoms with van der Waals surface area (Å²) in [6.45, 7) is 2.21. The maximum atomic E-state index is 10.5. The molecule has 0 amide bonds. The monoisotopic (exact) mass is 221 g/mol. The Morgan fingerprint density at radius 2 is 1.94 bits per heavy atom. The molecule has 2 heteroatoms. The standard InChI is InChI=1S/C14H23NO/c1-11-5-4-8-14(9-11,10-15)13(16)12-6-2-3-7-12/h11-13,16H,2-9H2,1H3. The van der Waals surface area contributed by atoms with Crippen molar-refractivity contribution in [1.82, 2.24) is 0 Å². The second-order valence-corrected chi connectivity index (χ2v) is 5.96. The van der Waals surface area contributed by atoms with Crippen LogP contribution >= 0.6 is 0 Å². The fraction of sp³-hybridized carbons (Fsp3) is 0.929. The van der Waals surface area contributed by atoms with Crippen LogP contribution in [0.15, 0.2) is 0 Å². The molecule has 0 aliphatic heterocycles. The average Bonchev–Trinajstić information content (AvgIpc) is 2.81. The molecular weight excluding hydrogens is 198 g/mol. The number of aliphatic hydroxyl groups is 1. The van der Waals surface area contributed by atoms with Gasteiger partial charge in [-0.15, -0.1) is 0 Å². The van der Waals surface area contributed by atoms with Crippen molar-refractivity contribution in [3.8, 4) is 6.07 Å². The average molecular weight is 221 g/mol. The van der Waals surface area contributed by atoms with Gasteiger partial charge in [0, 0.05) is 0 Å². The predicted molar refractivity (Wildman–Crippen MR) is 63.6 cm³/mol. The minimum Gasteiger partial charge on any atom is -0.391 e. The van der Waals surface area contributed by atoms with Gasteiger partial charge in [-0.1, -0.05) is 32.6 Å². The van der Waals surface area contributed by atoms with Crippen LogP contribution < -0.4 is 0 Å². The van der Waals surface area contributed by atoms with Crippen molar-refractivity contribution < 1.29 is 5.11 Å². The van der Waals surface area contributed by atoms with Crippen LogP contribution in [-0.4, -0.2) is 11.2 Å². The maximum Gasteiger partial charge on any atom is 0.0837 e. The molecule has 0 aromatic heterocycles. The van der Waals surface area contributed by atoms with Gasteiger partial charge in [-0.2, -0.15) is 5.26 Å². The van der Waals surface area contributed by atoms with E-state index >= 15 is 0 Å².